The van der Waals surface area contributed by atoms with Gasteiger partial charge in [-0.05, 0) is 25.0 Å². The maximum absolute atomic E-state index is 12.9. The van der Waals surface area contributed by atoms with E-state index in [9.17, 15) is 13.2 Å². The van der Waals surface area contributed by atoms with E-state index in [4.69, 9.17) is 9.47 Å². The third-order valence-corrected chi connectivity index (χ3v) is 6.15. The van der Waals surface area contributed by atoms with Crippen LogP contribution in [0, 0.1) is 5.92 Å². The number of rotatable bonds is 5. The predicted octanol–water partition coefficient (Wildman–Crippen LogP) is 1.19. The molecule has 0 bridgehead atoms. The Hall–Kier alpha value is -1.80. The van der Waals surface area contributed by atoms with Gasteiger partial charge in [-0.1, -0.05) is 0 Å². The van der Waals surface area contributed by atoms with Gasteiger partial charge in [0, 0.05) is 39.2 Å². The van der Waals surface area contributed by atoms with Crippen molar-refractivity contribution in [1.29, 1.82) is 0 Å². The number of piperidine rings is 1. The average molecular weight is 356 g/mol. The standard InChI is InChI=1S/C16H24N2O5S/c1-17(2)16(19)12-7-9-18(10-8-12)24(20,21)15-11-13(22-3)5-6-14(15)23-4/h5-6,11-12H,7-10H2,1-4H3. The van der Waals surface area contributed by atoms with E-state index in [0.29, 0.717) is 31.7 Å². The van der Waals surface area contributed by atoms with E-state index < -0.39 is 10.0 Å². The summed E-state index contributed by atoms with van der Waals surface area (Å²) < 4.78 is 37.6. The molecule has 2 rings (SSSR count). The van der Waals surface area contributed by atoms with Crippen molar-refractivity contribution in [3.8, 4) is 11.5 Å². The smallest absolute Gasteiger partial charge is 0.246 e. The Kier molecular flexibility index (Phi) is 5.71. The summed E-state index contributed by atoms with van der Waals surface area (Å²) in [5.74, 6) is 0.652. The average Bonchev–Trinajstić information content (AvgIpc) is 2.60. The molecule has 8 heteroatoms. The second-order valence-electron chi connectivity index (χ2n) is 5.93. The highest BCUT2D eigenvalue weighted by molar-refractivity contribution is 7.89. The third-order valence-electron chi connectivity index (χ3n) is 4.23. The van der Waals surface area contributed by atoms with Gasteiger partial charge < -0.3 is 14.4 Å². The van der Waals surface area contributed by atoms with Crippen LogP contribution in [0.15, 0.2) is 23.1 Å². The Balaban J connectivity index is 2.22. The largest absolute Gasteiger partial charge is 0.497 e. The zero-order chi connectivity index (χ0) is 17.9. The summed E-state index contributed by atoms with van der Waals surface area (Å²) in [7, 11) is 2.64. The molecule has 1 saturated heterocycles. The van der Waals surface area contributed by atoms with Crippen molar-refractivity contribution >= 4 is 15.9 Å². The molecule has 0 atom stereocenters. The van der Waals surface area contributed by atoms with E-state index >= 15 is 0 Å². The second kappa shape index (κ2) is 7.40. The van der Waals surface area contributed by atoms with Crippen molar-refractivity contribution in [3.05, 3.63) is 18.2 Å². The Morgan fingerprint density at radius 3 is 2.29 bits per heavy atom. The molecule has 1 aliphatic rings. The summed E-state index contributed by atoms with van der Waals surface area (Å²) in [5, 5.41) is 0. The first kappa shape index (κ1) is 18.5. The van der Waals surface area contributed by atoms with Crippen molar-refractivity contribution in [3.63, 3.8) is 0 Å². The van der Waals surface area contributed by atoms with Gasteiger partial charge in [0.05, 0.1) is 14.2 Å². The molecule has 1 aromatic carbocycles. The molecule has 0 saturated carbocycles. The quantitative estimate of drug-likeness (QED) is 0.792. The molecule has 1 amide bonds. The zero-order valence-corrected chi connectivity index (χ0v) is 15.3. The van der Waals surface area contributed by atoms with Crippen LogP contribution < -0.4 is 9.47 Å². The van der Waals surface area contributed by atoms with Gasteiger partial charge in [0.25, 0.3) is 0 Å². The SMILES string of the molecule is COc1ccc(OC)c(S(=O)(=O)N2CCC(C(=O)N(C)C)CC2)c1. The number of ether oxygens (including phenoxy) is 2. The monoisotopic (exact) mass is 356 g/mol. The fraction of sp³-hybridized carbons (Fsp3) is 0.562. The van der Waals surface area contributed by atoms with E-state index in [0.717, 1.165) is 0 Å². The maximum Gasteiger partial charge on any atom is 0.246 e. The summed E-state index contributed by atoms with van der Waals surface area (Å²) in [6, 6.07) is 4.69. The minimum atomic E-state index is -3.70. The lowest BCUT2D eigenvalue weighted by Crippen LogP contribution is -2.42. The highest BCUT2D eigenvalue weighted by atomic mass is 32.2. The van der Waals surface area contributed by atoms with Crippen LogP contribution in [0.2, 0.25) is 0 Å². The summed E-state index contributed by atoms with van der Waals surface area (Å²) in [6.45, 7) is 0.625. The Morgan fingerprint density at radius 1 is 1.17 bits per heavy atom. The number of hydrogen-bond donors (Lipinski definition) is 0. The normalized spacial score (nSPS) is 16.7. The minimum Gasteiger partial charge on any atom is -0.497 e. The molecule has 0 spiro atoms. The van der Waals surface area contributed by atoms with Gasteiger partial charge >= 0.3 is 0 Å². The topological polar surface area (TPSA) is 76.1 Å². The molecular weight excluding hydrogens is 332 g/mol. The van der Waals surface area contributed by atoms with Crippen LogP contribution in [0.3, 0.4) is 0 Å². The molecule has 134 valence electrons. The highest BCUT2D eigenvalue weighted by Crippen LogP contribution is 2.32. The fourth-order valence-corrected chi connectivity index (χ4v) is 4.47. The number of carbonyl (C=O) groups is 1. The molecule has 0 aromatic heterocycles. The van der Waals surface area contributed by atoms with E-state index in [1.165, 1.54) is 24.6 Å². The summed E-state index contributed by atoms with van der Waals surface area (Å²) in [6.07, 6.45) is 1.03. The molecule has 0 radical (unpaired) electrons. The number of sulfonamides is 1. The second-order valence-corrected chi connectivity index (χ2v) is 7.83. The molecule has 1 fully saturated rings. The predicted molar refractivity (Wildman–Crippen MR) is 89.7 cm³/mol. The Bertz CT molecular complexity index is 694. The van der Waals surface area contributed by atoms with Crippen LogP contribution in [0.1, 0.15) is 12.8 Å². The number of hydrogen-bond acceptors (Lipinski definition) is 5. The van der Waals surface area contributed by atoms with Crippen molar-refractivity contribution in [2.75, 3.05) is 41.4 Å². The van der Waals surface area contributed by atoms with Gasteiger partial charge in [-0.2, -0.15) is 4.31 Å². The van der Waals surface area contributed by atoms with Crippen molar-refractivity contribution in [2.24, 2.45) is 5.92 Å². The molecule has 1 heterocycles. The first-order valence-corrected chi connectivity index (χ1v) is 9.18. The lowest BCUT2D eigenvalue weighted by atomic mass is 9.97. The van der Waals surface area contributed by atoms with E-state index in [1.54, 1.807) is 31.1 Å². The summed E-state index contributed by atoms with van der Waals surface area (Å²) in [5.41, 5.74) is 0. The van der Waals surface area contributed by atoms with Crippen molar-refractivity contribution < 1.29 is 22.7 Å². The van der Waals surface area contributed by atoms with E-state index in [1.807, 2.05) is 0 Å². The summed E-state index contributed by atoms with van der Waals surface area (Å²) in [4.78, 5) is 13.7. The van der Waals surface area contributed by atoms with Gasteiger partial charge in [0.1, 0.15) is 16.4 Å². The fourth-order valence-electron chi connectivity index (χ4n) is 2.83. The van der Waals surface area contributed by atoms with Crippen molar-refractivity contribution in [1.82, 2.24) is 9.21 Å². The third kappa shape index (κ3) is 3.64. The van der Waals surface area contributed by atoms with E-state index in [-0.39, 0.29) is 22.5 Å². The molecule has 7 nitrogen and oxygen atoms in total. The number of nitrogens with zero attached hydrogens (tertiary/aromatic N) is 2. The Morgan fingerprint density at radius 2 is 1.79 bits per heavy atom. The van der Waals surface area contributed by atoms with Gasteiger partial charge in [-0.25, -0.2) is 8.42 Å². The first-order chi connectivity index (χ1) is 11.3. The van der Waals surface area contributed by atoms with Crippen LogP contribution in [-0.4, -0.2) is 64.9 Å². The van der Waals surface area contributed by atoms with Crippen molar-refractivity contribution in [2.45, 2.75) is 17.7 Å². The van der Waals surface area contributed by atoms with Gasteiger partial charge in [0.15, 0.2) is 0 Å². The van der Waals surface area contributed by atoms with Crippen LogP contribution in [0.5, 0.6) is 11.5 Å². The zero-order valence-electron chi connectivity index (χ0n) is 14.5. The van der Waals surface area contributed by atoms with Crippen LogP contribution >= 0.6 is 0 Å². The van der Waals surface area contributed by atoms with Crippen LogP contribution in [0.25, 0.3) is 0 Å². The van der Waals surface area contributed by atoms with Crippen LogP contribution in [-0.2, 0) is 14.8 Å². The maximum atomic E-state index is 12.9. The number of amides is 1. The first-order valence-electron chi connectivity index (χ1n) is 7.74. The molecule has 1 aliphatic heterocycles. The van der Waals surface area contributed by atoms with E-state index in [2.05, 4.69) is 0 Å². The molecule has 1 aromatic rings. The molecule has 24 heavy (non-hydrogen) atoms. The van der Waals surface area contributed by atoms with Gasteiger partial charge in [-0.3, -0.25) is 4.79 Å². The number of carbonyl (C=O) groups excluding carboxylic acids is 1. The lowest BCUT2D eigenvalue weighted by molar-refractivity contribution is -0.134. The Labute approximate surface area is 143 Å². The molecule has 0 N–H and O–H groups in total. The number of methoxy groups -OCH3 is 2. The van der Waals surface area contributed by atoms with Crippen LogP contribution in [0.4, 0.5) is 0 Å². The molecular formula is C16H24N2O5S. The van der Waals surface area contributed by atoms with Gasteiger partial charge in [0.2, 0.25) is 15.9 Å². The number of benzene rings is 1. The highest BCUT2D eigenvalue weighted by Gasteiger charge is 2.34. The molecule has 0 aliphatic carbocycles. The van der Waals surface area contributed by atoms with Gasteiger partial charge in [-0.15, -0.1) is 0 Å². The lowest BCUT2D eigenvalue weighted by Gasteiger charge is -2.32. The summed E-state index contributed by atoms with van der Waals surface area (Å²) >= 11 is 0. The molecule has 0 unspecified atom stereocenters. The minimum absolute atomic E-state index is 0.0472.